The Bertz CT molecular complexity index is 1010. The SMILES string of the molecule is COC(=O)c1ccc(C2=NOC(c3cc(Cl)cc(Cl)c3)(C(F)(F)F)C2)nc1C(C)O. The highest BCUT2D eigenvalue weighted by Crippen LogP contribution is 2.49. The van der Waals surface area contributed by atoms with Gasteiger partial charge >= 0.3 is 12.1 Å². The van der Waals surface area contributed by atoms with Crippen molar-refractivity contribution in [3.8, 4) is 0 Å². The molecule has 1 N–H and O–H groups in total. The number of aromatic nitrogens is 1. The van der Waals surface area contributed by atoms with Gasteiger partial charge in [-0.1, -0.05) is 28.4 Å². The van der Waals surface area contributed by atoms with Crippen molar-refractivity contribution in [2.45, 2.75) is 31.2 Å². The lowest BCUT2D eigenvalue weighted by Gasteiger charge is -2.29. The predicted molar refractivity (Wildman–Crippen MR) is 103 cm³/mol. The van der Waals surface area contributed by atoms with Gasteiger partial charge in [-0.25, -0.2) is 9.78 Å². The zero-order valence-electron chi connectivity index (χ0n) is 15.6. The first-order chi connectivity index (χ1) is 14.0. The molecule has 0 fully saturated rings. The summed E-state index contributed by atoms with van der Waals surface area (Å²) in [4.78, 5) is 20.9. The van der Waals surface area contributed by atoms with Gasteiger partial charge in [-0.3, -0.25) is 0 Å². The molecule has 0 saturated heterocycles. The van der Waals surface area contributed by atoms with Gasteiger partial charge in [-0.15, -0.1) is 0 Å². The van der Waals surface area contributed by atoms with Crippen LogP contribution >= 0.6 is 23.2 Å². The van der Waals surface area contributed by atoms with Crippen LogP contribution in [0.2, 0.25) is 10.0 Å². The summed E-state index contributed by atoms with van der Waals surface area (Å²) in [5, 5.41) is 13.6. The van der Waals surface area contributed by atoms with Gasteiger partial charge in [0.1, 0.15) is 5.71 Å². The molecule has 30 heavy (non-hydrogen) atoms. The van der Waals surface area contributed by atoms with Crippen molar-refractivity contribution in [3.05, 3.63) is 62.9 Å². The first kappa shape index (κ1) is 22.3. The number of alkyl halides is 3. The van der Waals surface area contributed by atoms with Gasteiger partial charge in [0, 0.05) is 15.6 Å². The highest BCUT2D eigenvalue weighted by molar-refractivity contribution is 6.34. The molecule has 2 unspecified atom stereocenters. The maximum Gasteiger partial charge on any atom is 0.435 e. The van der Waals surface area contributed by atoms with E-state index in [1.165, 1.54) is 25.1 Å². The van der Waals surface area contributed by atoms with Crippen molar-refractivity contribution < 1.29 is 32.6 Å². The fourth-order valence-corrected chi connectivity index (χ4v) is 3.59. The van der Waals surface area contributed by atoms with Crippen LogP contribution in [0.3, 0.4) is 0 Å². The number of pyridine rings is 1. The third-order valence-electron chi connectivity index (χ3n) is 4.54. The molecule has 2 aromatic rings. The van der Waals surface area contributed by atoms with Crippen molar-refractivity contribution in [1.82, 2.24) is 4.98 Å². The molecule has 11 heteroatoms. The molecule has 1 aromatic carbocycles. The number of rotatable bonds is 4. The van der Waals surface area contributed by atoms with Crippen LogP contribution in [0.1, 0.15) is 46.8 Å². The van der Waals surface area contributed by atoms with Crippen LogP contribution in [0.15, 0.2) is 35.5 Å². The summed E-state index contributed by atoms with van der Waals surface area (Å²) in [5.41, 5.74) is -3.31. The summed E-state index contributed by atoms with van der Waals surface area (Å²) in [6.45, 7) is 1.36. The molecular formula is C19H15Cl2F3N2O4. The van der Waals surface area contributed by atoms with E-state index >= 15 is 0 Å². The molecule has 1 aliphatic heterocycles. The van der Waals surface area contributed by atoms with Crippen molar-refractivity contribution in [3.63, 3.8) is 0 Å². The monoisotopic (exact) mass is 462 g/mol. The Balaban J connectivity index is 2.04. The fraction of sp³-hybridized carbons (Fsp3) is 0.316. The average molecular weight is 463 g/mol. The Morgan fingerprint density at radius 2 is 1.90 bits per heavy atom. The van der Waals surface area contributed by atoms with Crippen LogP contribution in [0.4, 0.5) is 13.2 Å². The number of nitrogens with zero attached hydrogens (tertiary/aromatic N) is 2. The summed E-state index contributed by atoms with van der Waals surface area (Å²) in [5.74, 6) is -0.743. The van der Waals surface area contributed by atoms with E-state index in [1.807, 2.05) is 0 Å². The number of halogens is 5. The van der Waals surface area contributed by atoms with Crippen molar-refractivity contribution in [1.29, 1.82) is 0 Å². The first-order valence-corrected chi connectivity index (χ1v) is 9.30. The molecular weight excluding hydrogens is 448 g/mol. The molecule has 0 amide bonds. The van der Waals surface area contributed by atoms with Gasteiger partial charge in [-0.05, 0) is 37.3 Å². The number of hydrogen-bond acceptors (Lipinski definition) is 6. The normalized spacial score (nSPS) is 19.8. The lowest BCUT2D eigenvalue weighted by molar-refractivity contribution is -0.275. The van der Waals surface area contributed by atoms with Gasteiger partial charge in [0.15, 0.2) is 0 Å². The van der Waals surface area contributed by atoms with Gasteiger partial charge < -0.3 is 14.7 Å². The standard InChI is InChI=1S/C19H15Cl2F3N2O4/c1-9(27)16-13(17(28)29-2)3-4-14(25-16)15-8-18(30-26-15,19(22,23)24)10-5-11(20)7-12(21)6-10/h3-7,9,27H,8H2,1-2H3. The minimum Gasteiger partial charge on any atom is -0.465 e. The minimum absolute atomic E-state index is 0.00937. The first-order valence-electron chi connectivity index (χ1n) is 8.54. The molecule has 1 aliphatic rings. The molecule has 1 aromatic heterocycles. The summed E-state index contributed by atoms with van der Waals surface area (Å²) in [6.07, 6.45) is -6.75. The van der Waals surface area contributed by atoms with Crippen LogP contribution in [0, 0.1) is 0 Å². The van der Waals surface area contributed by atoms with E-state index in [2.05, 4.69) is 14.9 Å². The number of carbonyl (C=O) groups excluding carboxylic acids is 1. The van der Waals surface area contributed by atoms with Crippen LogP contribution in [0.5, 0.6) is 0 Å². The molecule has 0 radical (unpaired) electrons. The van der Waals surface area contributed by atoms with E-state index in [4.69, 9.17) is 28.0 Å². The third-order valence-corrected chi connectivity index (χ3v) is 4.97. The van der Waals surface area contributed by atoms with E-state index in [1.54, 1.807) is 0 Å². The second-order valence-electron chi connectivity index (χ2n) is 6.59. The van der Waals surface area contributed by atoms with Crippen LogP contribution < -0.4 is 0 Å². The number of oxime groups is 1. The molecule has 2 atom stereocenters. The smallest absolute Gasteiger partial charge is 0.435 e. The van der Waals surface area contributed by atoms with E-state index in [0.717, 1.165) is 19.2 Å². The highest BCUT2D eigenvalue weighted by atomic mass is 35.5. The molecule has 0 spiro atoms. The summed E-state index contributed by atoms with van der Waals surface area (Å²) < 4.78 is 46.8. The van der Waals surface area contributed by atoms with Gasteiger partial charge in [0.2, 0.25) is 0 Å². The van der Waals surface area contributed by atoms with E-state index in [0.29, 0.717) is 0 Å². The molecule has 160 valence electrons. The molecule has 0 saturated carbocycles. The fourth-order valence-electron chi connectivity index (χ4n) is 3.06. The zero-order valence-corrected chi connectivity index (χ0v) is 17.1. The quantitative estimate of drug-likeness (QED) is 0.659. The molecule has 6 nitrogen and oxygen atoms in total. The van der Waals surface area contributed by atoms with Crippen molar-refractivity contribution in [2.24, 2.45) is 5.16 Å². The van der Waals surface area contributed by atoms with E-state index in [-0.39, 0.29) is 38.3 Å². The number of hydrogen-bond donors (Lipinski definition) is 1. The van der Waals surface area contributed by atoms with Crippen LogP contribution in [-0.4, -0.2) is 35.1 Å². The summed E-state index contributed by atoms with van der Waals surface area (Å²) >= 11 is 11.8. The average Bonchev–Trinajstić information content (AvgIpc) is 3.13. The maximum atomic E-state index is 14.1. The molecule has 3 rings (SSSR count). The largest absolute Gasteiger partial charge is 0.465 e. The zero-order chi connectivity index (χ0) is 22.3. The number of benzene rings is 1. The topological polar surface area (TPSA) is 81.0 Å². The van der Waals surface area contributed by atoms with Crippen LogP contribution in [-0.2, 0) is 15.2 Å². The molecule has 2 heterocycles. The van der Waals surface area contributed by atoms with E-state index < -0.39 is 30.3 Å². The lowest BCUT2D eigenvalue weighted by Crippen LogP contribution is -2.42. The number of aliphatic hydroxyl groups is 1. The number of carbonyl (C=O) groups is 1. The van der Waals surface area contributed by atoms with Gasteiger partial charge in [0.05, 0.1) is 36.6 Å². The Morgan fingerprint density at radius 1 is 1.27 bits per heavy atom. The lowest BCUT2D eigenvalue weighted by atomic mass is 9.87. The minimum atomic E-state index is -4.86. The Morgan fingerprint density at radius 3 is 2.43 bits per heavy atom. The molecule has 0 aliphatic carbocycles. The number of ether oxygens (including phenoxy) is 1. The van der Waals surface area contributed by atoms with Crippen LogP contribution in [0.25, 0.3) is 0 Å². The van der Waals surface area contributed by atoms with Crippen molar-refractivity contribution in [2.75, 3.05) is 7.11 Å². The van der Waals surface area contributed by atoms with E-state index in [9.17, 15) is 23.1 Å². The Hall–Kier alpha value is -2.36. The third kappa shape index (κ3) is 3.97. The van der Waals surface area contributed by atoms with Gasteiger partial charge in [-0.2, -0.15) is 13.2 Å². The van der Waals surface area contributed by atoms with Gasteiger partial charge in [0.25, 0.3) is 5.60 Å². The second kappa shape index (κ2) is 8.05. The Kier molecular flexibility index (Phi) is 5.99. The predicted octanol–water partition coefficient (Wildman–Crippen LogP) is 4.81. The second-order valence-corrected chi connectivity index (χ2v) is 7.46. The maximum absolute atomic E-state index is 14.1. The number of aliphatic hydroxyl groups excluding tert-OH is 1. The number of methoxy groups -OCH3 is 1. The molecule has 0 bridgehead atoms. The Labute approximate surface area is 179 Å². The number of esters is 1. The summed E-state index contributed by atoms with van der Waals surface area (Å²) in [7, 11) is 1.16. The highest BCUT2D eigenvalue weighted by Gasteiger charge is 2.62. The van der Waals surface area contributed by atoms with Crippen molar-refractivity contribution >= 4 is 34.9 Å². The summed E-state index contributed by atoms with van der Waals surface area (Å²) in [6, 6.07) is 6.11.